The van der Waals surface area contributed by atoms with Gasteiger partial charge in [-0.1, -0.05) is 29.5 Å². The molecule has 1 heterocycles. The SMILES string of the molecule is Cc1ccc(-c2nnc(SCC(=O)Nc3ccc(OC(F)F)cc3)o2)cc1. The number of thioether (sulfide) groups is 1. The largest absolute Gasteiger partial charge is 0.435 e. The van der Waals surface area contributed by atoms with E-state index in [9.17, 15) is 13.6 Å². The molecular formula is C18H15F2N3O3S. The van der Waals surface area contributed by atoms with Crippen LogP contribution in [-0.2, 0) is 4.79 Å². The number of amides is 1. The van der Waals surface area contributed by atoms with E-state index in [0.717, 1.165) is 22.9 Å². The van der Waals surface area contributed by atoms with E-state index in [-0.39, 0.29) is 22.6 Å². The third-order valence-electron chi connectivity index (χ3n) is 3.39. The van der Waals surface area contributed by atoms with Gasteiger partial charge in [0.05, 0.1) is 5.75 Å². The van der Waals surface area contributed by atoms with Gasteiger partial charge in [-0.3, -0.25) is 4.79 Å². The van der Waals surface area contributed by atoms with Crippen LogP contribution in [0.25, 0.3) is 11.5 Å². The molecule has 0 aliphatic rings. The number of anilines is 1. The lowest BCUT2D eigenvalue weighted by molar-refractivity contribution is -0.113. The van der Waals surface area contributed by atoms with Gasteiger partial charge in [0, 0.05) is 11.3 Å². The molecule has 0 unspecified atom stereocenters. The molecule has 0 saturated carbocycles. The molecule has 0 saturated heterocycles. The van der Waals surface area contributed by atoms with E-state index in [1.165, 1.54) is 24.3 Å². The average molecular weight is 391 g/mol. The number of carbonyl (C=O) groups is 1. The zero-order chi connectivity index (χ0) is 19.2. The Labute approximate surface area is 157 Å². The molecule has 0 bridgehead atoms. The van der Waals surface area contributed by atoms with Gasteiger partial charge in [0.25, 0.3) is 5.22 Å². The number of ether oxygens (including phenoxy) is 1. The molecule has 0 atom stereocenters. The minimum Gasteiger partial charge on any atom is -0.435 e. The van der Waals surface area contributed by atoms with Crippen molar-refractivity contribution in [2.45, 2.75) is 18.8 Å². The summed E-state index contributed by atoms with van der Waals surface area (Å²) in [5, 5.41) is 10.8. The average Bonchev–Trinajstić information content (AvgIpc) is 3.11. The first kappa shape index (κ1) is 18.8. The first-order valence-electron chi connectivity index (χ1n) is 7.87. The number of aromatic nitrogens is 2. The van der Waals surface area contributed by atoms with E-state index in [1.54, 1.807) is 0 Å². The van der Waals surface area contributed by atoms with Crippen molar-refractivity contribution in [2.75, 3.05) is 11.1 Å². The molecule has 0 aliphatic heterocycles. The van der Waals surface area contributed by atoms with Gasteiger partial charge in [-0.05, 0) is 43.3 Å². The highest BCUT2D eigenvalue weighted by atomic mass is 32.2. The molecular weight excluding hydrogens is 376 g/mol. The summed E-state index contributed by atoms with van der Waals surface area (Å²) < 4.78 is 34.0. The number of nitrogens with one attached hydrogen (secondary N) is 1. The molecule has 3 rings (SSSR count). The highest BCUT2D eigenvalue weighted by Crippen LogP contribution is 2.24. The fraction of sp³-hybridized carbons (Fsp3) is 0.167. The Morgan fingerprint density at radius 3 is 2.52 bits per heavy atom. The second-order valence-corrected chi connectivity index (χ2v) is 6.41. The van der Waals surface area contributed by atoms with Crippen LogP contribution in [0.5, 0.6) is 5.75 Å². The maximum atomic E-state index is 12.1. The normalized spacial score (nSPS) is 10.8. The molecule has 0 fully saturated rings. The quantitative estimate of drug-likeness (QED) is 0.603. The van der Waals surface area contributed by atoms with E-state index in [2.05, 4.69) is 20.3 Å². The number of rotatable bonds is 7. The summed E-state index contributed by atoms with van der Waals surface area (Å²) in [6.07, 6.45) is 0. The van der Waals surface area contributed by atoms with E-state index >= 15 is 0 Å². The molecule has 3 aromatic rings. The number of nitrogens with zero attached hydrogens (tertiary/aromatic N) is 2. The topological polar surface area (TPSA) is 77.2 Å². The van der Waals surface area contributed by atoms with Crippen LogP contribution in [0.15, 0.2) is 58.2 Å². The Hall–Kier alpha value is -2.94. The molecule has 9 heteroatoms. The van der Waals surface area contributed by atoms with Crippen LogP contribution in [-0.4, -0.2) is 28.5 Å². The van der Waals surface area contributed by atoms with Crippen molar-refractivity contribution >= 4 is 23.4 Å². The van der Waals surface area contributed by atoms with Crippen molar-refractivity contribution in [1.29, 1.82) is 0 Å². The smallest absolute Gasteiger partial charge is 0.387 e. The number of hydrogen-bond donors (Lipinski definition) is 1. The van der Waals surface area contributed by atoms with Gasteiger partial charge in [-0.15, -0.1) is 10.2 Å². The van der Waals surface area contributed by atoms with Crippen LogP contribution in [0.2, 0.25) is 0 Å². The van der Waals surface area contributed by atoms with Gasteiger partial charge in [0.2, 0.25) is 11.8 Å². The summed E-state index contributed by atoms with van der Waals surface area (Å²) in [5.41, 5.74) is 2.39. The van der Waals surface area contributed by atoms with Crippen LogP contribution >= 0.6 is 11.8 Å². The lowest BCUT2D eigenvalue weighted by Gasteiger charge is -2.06. The summed E-state index contributed by atoms with van der Waals surface area (Å²) in [4.78, 5) is 12.0. The van der Waals surface area contributed by atoms with Crippen LogP contribution in [0, 0.1) is 6.92 Å². The summed E-state index contributed by atoms with van der Waals surface area (Å²) in [5.74, 6) is 0.169. The summed E-state index contributed by atoms with van der Waals surface area (Å²) in [7, 11) is 0. The maximum Gasteiger partial charge on any atom is 0.387 e. The molecule has 1 N–H and O–H groups in total. The lowest BCUT2D eigenvalue weighted by atomic mass is 10.1. The minimum atomic E-state index is -2.89. The maximum absolute atomic E-state index is 12.1. The molecule has 0 radical (unpaired) electrons. The Morgan fingerprint density at radius 1 is 1.15 bits per heavy atom. The number of benzene rings is 2. The fourth-order valence-electron chi connectivity index (χ4n) is 2.12. The molecule has 1 aromatic heterocycles. The van der Waals surface area contributed by atoms with E-state index in [0.29, 0.717) is 11.6 Å². The van der Waals surface area contributed by atoms with Gasteiger partial charge in [0.1, 0.15) is 5.75 Å². The van der Waals surface area contributed by atoms with Gasteiger partial charge >= 0.3 is 6.61 Å². The van der Waals surface area contributed by atoms with E-state index in [1.807, 2.05) is 31.2 Å². The first-order valence-corrected chi connectivity index (χ1v) is 8.86. The van der Waals surface area contributed by atoms with E-state index in [4.69, 9.17) is 4.42 Å². The second-order valence-electron chi connectivity index (χ2n) is 5.48. The third kappa shape index (κ3) is 5.52. The Kier molecular flexibility index (Phi) is 6.02. The first-order chi connectivity index (χ1) is 13.0. The predicted octanol–water partition coefficient (Wildman–Crippen LogP) is 4.38. The second kappa shape index (κ2) is 8.63. The summed E-state index contributed by atoms with van der Waals surface area (Å²) in [6, 6.07) is 13.3. The number of carbonyl (C=O) groups excluding carboxylic acids is 1. The highest BCUT2D eigenvalue weighted by Gasteiger charge is 2.11. The van der Waals surface area contributed by atoms with E-state index < -0.39 is 6.61 Å². The van der Waals surface area contributed by atoms with Crippen LogP contribution < -0.4 is 10.1 Å². The molecule has 2 aromatic carbocycles. The Morgan fingerprint density at radius 2 is 1.85 bits per heavy atom. The highest BCUT2D eigenvalue weighted by molar-refractivity contribution is 7.99. The van der Waals surface area contributed by atoms with Crippen molar-refractivity contribution in [3.8, 4) is 17.2 Å². The fourth-order valence-corrected chi connectivity index (χ4v) is 2.69. The predicted molar refractivity (Wildman–Crippen MR) is 96.9 cm³/mol. The van der Waals surface area contributed by atoms with Crippen LogP contribution in [0.4, 0.5) is 14.5 Å². The van der Waals surface area contributed by atoms with Crippen LogP contribution in [0.3, 0.4) is 0 Å². The summed E-state index contributed by atoms with van der Waals surface area (Å²) >= 11 is 1.10. The van der Waals surface area contributed by atoms with Gasteiger partial charge in [0.15, 0.2) is 0 Å². The molecule has 6 nitrogen and oxygen atoms in total. The molecule has 140 valence electrons. The number of alkyl halides is 2. The zero-order valence-electron chi connectivity index (χ0n) is 14.2. The Bertz CT molecular complexity index is 899. The van der Waals surface area contributed by atoms with Crippen molar-refractivity contribution in [1.82, 2.24) is 10.2 Å². The van der Waals surface area contributed by atoms with Crippen LogP contribution in [0.1, 0.15) is 5.56 Å². The number of aryl methyl sites for hydroxylation is 1. The molecule has 1 amide bonds. The lowest BCUT2D eigenvalue weighted by Crippen LogP contribution is -2.14. The molecule has 0 spiro atoms. The minimum absolute atomic E-state index is 0.0202. The summed E-state index contributed by atoms with van der Waals surface area (Å²) in [6.45, 7) is -0.905. The molecule has 27 heavy (non-hydrogen) atoms. The monoisotopic (exact) mass is 391 g/mol. The standard InChI is InChI=1S/C18H15F2N3O3S/c1-11-2-4-12(5-3-11)16-22-23-18(26-16)27-10-15(24)21-13-6-8-14(9-7-13)25-17(19)20/h2-9,17H,10H2,1H3,(H,21,24). The van der Waals surface area contributed by atoms with Crippen molar-refractivity contribution in [3.63, 3.8) is 0 Å². The van der Waals surface area contributed by atoms with Gasteiger partial charge in [-0.2, -0.15) is 8.78 Å². The third-order valence-corrected chi connectivity index (χ3v) is 4.21. The number of hydrogen-bond acceptors (Lipinski definition) is 6. The van der Waals surface area contributed by atoms with Crippen molar-refractivity contribution < 1.29 is 22.7 Å². The van der Waals surface area contributed by atoms with Gasteiger partial charge in [-0.25, -0.2) is 0 Å². The number of halogens is 2. The zero-order valence-corrected chi connectivity index (χ0v) is 15.0. The Balaban J connectivity index is 1.51. The van der Waals surface area contributed by atoms with Crippen molar-refractivity contribution in [3.05, 3.63) is 54.1 Å². The molecule has 0 aliphatic carbocycles. The van der Waals surface area contributed by atoms with Gasteiger partial charge < -0.3 is 14.5 Å². The van der Waals surface area contributed by atoms with Crippen molar-refractivity contribution in [2.24, 2.45) is 0 Å².